The van der Waals surface area contributed by atoms with Crippen molar-refractivity contribution in [3.8, 4) is 57.1 Å². The SMILES string of the molecule is Oc1ccc(-c2ccc(O)cc2)cc1.Oc1ccc(O)cc1.Oc1ccc2cc(O)ccc2c1.Oc1cccc2c(O)cccc12. The largest absolute Gasteiger partial charge is 0.508 e. The Morgan fingerprint density at radius 3 is 0.870 bits per heavy atom. The summed E-state index contributed by atoms with van der Waals surface area (Å²) in [6.07, 6.45) is 0. The van der Waals surface area contributed by atoms with Crippen molar-refractivity contribution in [2.45, 2.75) is 0 Å². The van der Waals surface area contributed by atoms with E-state index in [2.05, 4.69) is 0 Å². The molecule has 8 nitrogen and oxygen atoms in total. The summed E-state index contributed by atoms with van der Waals surface area (Å²) in [6.45, 7) is 0. The quantitative estimate of drug-likeness (QED) is 0.0853. The Bertz CT molecular complexity index is 1860. The van der Waals surface area contributed by atoms with Crippen molar-refractivity contribution in [3.63, 3.8) is 0 Å². The highest BCUT2D eigenvalue weighted by Crippen LogP contribution is 2.30. The fraction of sp³-hybridized carbons (Fsp3) is 0. The van der Waals surface area contributed by atoms with Crippen LogP contribution in [0.2, 0.25) is 0 Å². The minimum Gasteiger partial charge on any atom is -0.508 e. The first-order valence-electron chi connectivity index (χ1n) is 14.0. The summed E-state index contributed by atoms with van der Waals surface area (Å²) in [5.74, 6) is 1.74. The molecule has 0 saturated carbocycles. The van der Waals surface area contributed by atoms with Gasteiger partial charge in [-0.3, -0.25) is 0 Å². The van der Waals surface area contributed by atoms with Crippen molar-refractivity contribution >= 4 is 21.5 Å². The normalized spacial score (nSPS) is 10.0. The first-order valence-corrected chi connectivity index (χ1v) is 14.0. The van der Waals surface area contributed by atoms with Crippen LogP contribution in [-0.2, 0) is 0 Å². The van der Waals surface area contributed by atoms with Gasteiger partial charge in [-0.1, -0.05) is 60.7 Å². The maximum atomic E-state index is 9.38. The summed E-state index contributed by atoms with van der Waals surface area (Å²) in [7, 11) is 0. The molecule has 46 heavy (non-hydrogen) atoms. The lowest BCUT2D eigenvalue weighted by atomic mass is 10.1. The molecule has 7 aromatic rings. The van der Waals surface area contributed by atoms with Crippen LogP contribution in [0.3, 0.4) is 0 Å². The molecular weight excluding hydrogens is 584 g/mol. The highest BCUT2D eigenvalue weighted by molar-refractivity contribution is 5.92. The molecule has 0 bridgehead atoms. The molecule has 0 fully saturated rings. The third kappa shape index (κ3) is 9.23. The van der Waals surface area contributed by atoms with Gasteiger partial charge in [0, 0.05) is 10.8 Å². The molecule has 0 amide bonds. The molecule has 0 spiro atoms. The topological polar surface area (TPSA) is 162 Å². The number of phenols is 8. The van der Waals surface area contributed by atoms with Crippen molar-refractivity contribution in [2.75, 3.05) is 0 Å². The molecule has 0 unspecified atom stereocenters. The highest BCUT2D eigenvalue weighted by atomic mass is 16.3. The third-order valence-corrected chi connectivity index (χ3v) is 6.60. The van der Waals surface area contributed by atoms with E-state index >= 15 is 0 Å². The lowest BCUT2D eigenvalue weighted by Gasteiger charge is -2.01. The second-order valence-electron chi connectivity index (χ2n) is 9.98. The van der Waals surface area contributed by atoms with Crippen LogP contribution in [0.5, 0.6) is 46.0 Å². The number of rotatable bonds is 1. The van der Waals surface area contributed by atoms with Crippen LogP contribution < -0.4 is 0 Å². The molecule has 0 aliphatic rings. The standard InChI is InChI=1S/C12H10O2.2C10H8O2.C6H6O2/c13-11-5-1-9(2-6-11)10-3-7-12(14)8-4-10;11-9-3-1-7-5-10(12)4-2-8(7)6-9;11-9-5-1-3-7-8(9)4-2-6-10(7)12;7-5-1-2-6(8)4-3-5/h1-8,13-14H;2*1-6,11-12H;1-4,7-8H. The molecule has 232 valence electrons. The van der Waals surface area contributed by atoms with Crippen LogP contribution in [0.15, 0.2) is 146 Å². The molecule has 7 rings (SSSR count). The average Bonchev–Trinajstić information content (AvgIpc) is 3.05. The van der Waals surface area contributed by atoms with Gasteiger partial charge in [0.1, 0.15) is 46.0 Å². The average molecular weight is 617 g/mol. The Balaban J connectivity index is 0.000000142. The Kier molecular flexibility index (Phi) is 10.7. The van der Waals surface area contributed by atoms with Crippen LogP contribution in [0.1, 0.15) is 0 Å². The summed E-state index contributed by atoms with van der Waals surface area (Å²) < 4.78 is 0. The minimum atomic E-state index is 0.169. The van der Waals surface area contributed by atoms with Crippen LogP contribution in [-0.4, -0.2) is 40.9 Å². The molecular formula is C38H32O8. The maximum Gasteiger partial charge on any atom is 0.123 e. The van der Waals surface area contributed by atoms with E-state index in [4.69, 9.17) is 30.6 Å². The lowest BCUT2D eigenvalue weighted by molar-refractivity contribution is 0.460. The van der Waals surface area contributed by atoms with Gasteiger partial charge in [0.25, 0.3) is 0 Å². The number of hydrogen-bond donors (Lipinski definition) is 8. The van der Waals surface area contributed by atoms with Crippen molar-refractivity contribution in [1.82, 2.24) is 0 Å². The second-order valence-corrected chi connectivity index (χ2v) is 9.98. The smallest absolute Gasteiger partial charge is 0.123 e. The Hall–Kier alpha value is -6.54. The molecule has 0 atom stereocenters. The molecule has 0 aliphatic carbocycles. The van der Waals surface area contributed by atoms with Gasteiger partial charge in [-0.05, 0) is 107 Å². The van der Waals surface area contributed by atoms with Gasteiger partial charge in [-0.25, -0.2) is 0 Å². The molecule has 8 heteroatoms. The van der Waals surface area contributed by atoms with E-state index in [1.165, 1.54) is 24.3 Å². The Morgan fingerprint density at radius 2 is 0.543 bits per heavy atom. The van der Waals surface area contributed by atoms with E-state index in [1.54, 1.807) is 97.1 Å². The summed E-state index contributed by atoms with van der Waals surface area (Å²) in [4.78, 5) is 0. The van der Waals surface area contributed by atoms with Crippen LogP contribution in [0, 0.1) is 0 Å². The summed E-state index contributed by atoms with van der Waals surface area (Å²) in [5.41, 5.74) is 2.03. The molecule has 8 N–H and O–H groups in total. The third-order valence-electron chi connectivity index (χ3n) is 6.60. The molecule has 0 saturated heterocycles. The molecule has 0 aliphatic heterocycles. The van der Waals surface area contributed by atoms with Gasteiger partial charge in [0.2, 0.25) is 0 Å². The zero-order valence-corrected chi connectivity index (χ0v) is 24.4. The van der Waals surface area contributed by atoms with Crippen LogP contribution >= 0.6 is 0 Å². The molecule has 0 radical (unpaired) electrons. The fourth-order valence-corrected chi connectivity index (χ4v) is 4.26. The summed E-state index contributed by atoms with van der Waals surface area (Å²) >= 11 is 0. The molecule has 7 aromatic carbocycles. The Labute approximate surface area is 264 Å². The lowest BCUT2D eigenvalue weighted by Crippen LogP contribution is -1.75. The molecule has 0 heterocycles. The van der Waals surface area contributed by atoms with Gasteiger partial charge in [0.05, 0.1) is 0 Å². The molecule has 0 aromatic heterocycles. The Morgan fingerprint density at radius 1 is 0.261 bits per heavy atom. The summed E-state index contributed by atoms with van der Waals surface area (Å²) in [5, 5.41) is 75.8. The first-order chi connectivity index (χ1) is 22.1. The van der Waals surface area contributed by atoms with Crippen molar-refractivity contribution in [2.24, 2.45) is 0 Å². The van der Waals surface area contributed by atoms with Gasteiger partial charge >= 0.3 is 0 Å². The van der Waals surface area contributed by atoms with Crippen molar-refractivity contribution < 1.29 is 40.9 Å². The van der Waals surface area contributed by atoms with E-state index in [-0.39, 0.29) is 46.0 Å². The second kappa shape index (κ2) is 15.3. The van der Waals surface area contributed by atoms with Gasteiger partial charge < -0.3 is 40.9 Å². The first kappa shape index (κ1) is 32.4. The van der Waals surface area contributed by atoms with Crippen LogP contribution in [0.4, 0.5) is 0 Å². The fourth-order valence-electron chi connectivity index (χ4n) is 4.26. The number of phenolic OH excluding ortho intramolecular Hbond substituents is 8. The maximum absolute atomic E-state index is 9.38. The zero-order valence-electron chi connectivity index (χ0n) is 24.4. The van der Waals surface area contributed by atoms with E-state index < -0.39 is 0 Å². The monoisotopic (exact) mass is 616 g/mol. The highest BCUT2D eigenvalue weighted by Gasteiger charge is 2.01. The number of aromatic hydroxyl groups is 8. The van der Waals surface area contributed by atoms with Gasteiger partial charge in [0.15, 0.2) is 0 Å². The van der Waals surface area contributed by atoms with Crippen molar-refractivity contribution in [1.29, 1.82) is 0 Å². The van der Waals surface area contributed by atoms with E-state index in [0.717, 1.165) is 21.9 Å². The van der Waals surface area contributed by atoms with E-state index in [1.807, 2.05) is 24.3 Å². The summed E-state index contributed by atoms with van der Waals surface area (Å²) in [6, 6.07) is 39.8. The predicted molar refractivity (Wildman–Crippen MR) is 180 cm³/mol. The van der Waals surface area contributed by atoms with Crippen molar-refractivity contribution in [3.05, 3.63) is 146 Å². The van der Waals surface area contributed by atoms with E-state index in [0.29, 0.717) is 10.8 Å². The van der Waals surface area contributed by atoms with Gasteiger partial charge in [-0.2, -0.15) is 0 Å². The van der Waals surface area contributed by atoms with Crippen LogP contribution in [0.25, 0.3) is 32.7 Å². The minimum absolute atomic E-state index is 0.169. The predicted octanol–water partition coefficient (Wildman–Crippen LogP) is 8.36. The number of fused-ring (bicyclic) bond motifs is 2. The zero-order chi connectivity index (χ0) is 33.1. The number of hydrogen-bond acceptors (Lipinski definition) is 8. The number of benzene rings is 7. The van der Waals surface area contributed by atoms with Gasteiger partial charge in [-0.15, -0.1) is 0 Å². The van der Waals surface area contributed by atoms with E-state index in [9.17, 15) is 10.2 Å².